The van der Waals surface area contributed by atoms with Crippen LogP contribution in [0.3, 0.4) is 0 Å². The molecule has 2 aliphatic rings. The first kappa shape index (κ1) is 15.4. The number of rotatable bonds is 4. The molecule has 0 spiro atoms. The summed E-state index contributed by atoms with van der Waals surface area (Å²) < 4.78 is 5.58. The number of nitrogens with zero attached hydrogens (tertiary/aromatic N) is 1. The Balaban J connectivity index is 1.53. The van der Waals surface area contributed by atoms with Crippen LogP contribution in [0.25, 0.3) is 0 Å². The summed E-state index contributed by atoms with van der Waals surface area (Å²) >= 11 is 1.39. The van der Waals surface area contributed by atoms with E-state index in [1.807, 2.05) is 0 Å². The number of hydrogen-bond donors (Lipinski definition) is 2. The second-order valence-corrected chi connectivity index (χ2v) is 6.99. The van der Waals surface area contributed by atoms with Gasteiger partial charge in [-0.15, -0.1) is 11.3 Å². The molecule has 120 valence electrons. The largest absolute Gasteiger partial charge is 0.481 e. The van der Waals surface area contributed by atoms with Gasteiger partial charge in [0.1, 0.15) is 16.0 Å². The summed E-state index contributed by atoms with van der Waals surface area (Å²) in [5, 5.41) is 12.9. The van der Waals surface area contributed by atoms with Crippen molar-refractivity contribution in [3.8, 4) is 0 Å². The molecule has 2 heterocycles. The molecule has 6 nitrogen and oxygen atoms in total. The van der Waals surface area contributed by atoms with Crippen LogP contribution < -0.4 is 5.32 Å². The van der Waals surface area contributed by atoms with Crippen LogP contribution in [0.15, 0.2) is 6.20 Å². The quantitative estimate of drug-likeness (QED) is 0.887. The highest BCUT2D eigenvalue weighted by molar-refractivity contribution is 7.13. The molecule has 1 aromatic heterocycles. The first-order valence-electron chi connectivity index (χ1n) is 7.74. The highest BCUT2D eigenvalue weighted by atomic mass is 32.1. The first-order chi connectivity index (χ1) is 10.6. The molecule has 0 aromatic carbocycles. The Hall–Kier alpha value is -1.47. The maximum Gasteiger partial charge on any atom is 0.306 e. The van der Waals surface area contributed by atoms with Gasteiger partial charge in [-0.25, -0.2) is 4.98 Å². The van der Waals surface area contributed by atoms with Gasteiger partial charge in [-0.05, 0) is 38.5 Å². The average Bonchev–Trinajstić information content (AvgIpc) is 3.19. The second-order valence-electron chi connectivity index (χ2n) is 5.92. The molecule has 1 saturated heterocycles. The summed E-state index contributed by atoms with van der Waals surface area (Å²) in [6.07, 6.45) is 6.36. The van der Waals surface area contributed by atoms with Crippen molar-refractivity contribution in [1.29, 1.82) is 0 Å². The molecule has 0 bridgehead atoms. The lowest BCUT2D eigenvalue weighted by Gasteiger charge is -2.26. The van der Waals surface area contributed by atoms with Crippen LogP contribution in [-0.2, 0) is 9.53 Å². The number of carboxylic acid groups (broad SMARTS) is 1. The van der Waals surface area contributed by atoms with Crippen molar-refractivity contribution in [3.05, 3.63) is 16.1 Å². The second kappa shape index (κ2) is 6.75. The fourth-order valence-electron chi connectivity index (χ4n) is 3.06. The lowest BCUT2D eigenvalue weighted by Crippen LogP contribution is -2.38. The van der Waals surface area contributed by atoms with Gasteiger partial charge in [-0.3, -0.25) is 9.59 Å². The van der Waals surface area contributed by atoms with Crippen molar-refractivity contribution in [2.75, 3.05) is 6.61 Å². The minimum atomic E-state index is -0.728. The zero-order valence-corrected chi connectivity index (χ0v) is 13.1. The predicted octanol–water partition coefficient (Wildman–Crippen LogP) is 2.37. The normalized spacial score (nSPS) is 28.5. The third-order valence-electron chi connectivity index (χ3n) is 4.36. The van der Waals surface area contributed by atoms with Crippen LogP contribution in [0, 0.1) is 5.92 Å². The number of hydrogen-bond acceptors (Lipinski definition) is 5. The molecule has 1 aliphatic carbocycles. The van der Waals surface area contributed by atoms with Gasteiger partial charge in [0.2, 0.25) is 0 Å². The summed E-state index contributed by atoms with van der Waals surface area (Å²) in [6.45, 7) is 0.762. The molecular weight excluding hydrogens is 304 g/mol. The molecule has 1 saturated carbocycles. The minimum Gasteiger partial charge on any atom is -0.481 e. The number of carbonyl (C=O) groups excluding carboxylic acids is 1. The molecule has 1 amide bonds. The number of aliphatic carboxylic acids is 1. The number of thiazole rings is 1. The molecule has 1 aliphatic heterocycles. The molecular formula is C15H20N2O4S. The highest BCUT2D eigenvalue weighted by Crippen LogP contribution is 2.31. The van der Waals surface area contributed by atoms with Gasteiger partial charge in [-0.2, -0.15) is 0 Å². The molecule has 3 rings (SSSR count). The zero-order valence-electron chi connectivity index (χ0n) is 12.3. The summed E-state index contributed by atoms with van der Waals surface area (Å²) in [7, 11) is 0. The number of aromatic nitrogens is 1. The fourth-order valence-corrected chi connectivity index (χ4v) is 3.96. The van der Waals surface area contributed by atoms with Gasteiger partial charge < -0.3 is 15.2 Å². The van der Waals surface area contributed by atoms with E-state index in [1.165, 1.54) is 11.3 Å². The van der Waals surface area contributed by atoms with Crippen molar-refractivity contribution < 1.29 is 19.4 Å². The van der Waals surface area contributed by atoms with Crippen LogP contribution >= 0.6 is 11.3 Å². The van der Waals surface area contributed by atoms with E-state index in [9.17, 15) is 9.59 Å². The Morgan fingerprint density at radius 3 is 2.68 bits per heavy atom. The fraction of sp³-hybridized carbons (Fsp3) is 0.667. The summed E-state index contributed by atoms with van der Waals surface area (Å²) in [6, 6.07) is 0.0661. The van der Waals surface area contributed by atoms with Gasteiger partial charge in [0.25, 0.3) is 5.91 Å². The Kier molecular flexibility index (Phi) is 4.73. The predicted molar refractivity (Wildman–Crippen MR) is 80.9 cm³/mol. The van der Waals surface area contributed by atoms with Crippen LogP contribution in [-0.4, -0.2) is 34.6 Å². The molecule has 1 aromatic rings. The zero-order chi connectivity index (χ0) is 15.5. The maximum absolute atomic E-state index is 12.3. The monoisotopic (exact) mass is 324 g/mol. The van der Waals surface area contributed by atoms with Gasteiger partial charge in [-0.1, -0.05) is 0 Å². The molecule has 1 atom stereocenters. The SMILES string of the molecule is O=C(NC1CCC(C(=O)O)CC1)c1cnc(C2CCCO2)s1. The number of nitrogens with one attached hydrogen (secondary N) is 1. The summed E-state index contributed by atoms with van der Waals surface area (Å²) in [5.41, 5.74) is 0. The number of ether oxygens (including phenoxy) is 1. The Morgan fingerprint density at radius 2 is 2.05 bits per heavy atom. The first-order valence-corrected chi connectivity index (χ1v) is 8.56. The van der Waals surface area contributed by atoms with Crippen molar-refractivity contribution >= 4 is 23.2 Å². The van der Waals surface area contributed by atoms with Crippen molar-refractivity contribution in [2.24, 2.45) is 5.92 Å². The van der Waals surface area contributed by atoms with E-state index in [2.05, 4.69) is 10.3 Å². The van der Waals surface area contributed by atoms with Gasteiger partial charge >= 0.3 is 5.97 Å². The number of carbonyl (C=O) groups is 2. The Labute approximate surface area is 132 Å². The van der Waals surface area contributed by atoms with Crippen molar-refractivity contribution in [2.45, 2.75) is 50.7 Å². The molecule has 0 radical (unpaired) electrons. The molecule has 22 heavy (non-hydrogen) atoms. The Morgan fingerprint density at radius 1 is 1.27 bits per heavy atom. The topological polar surface area (TPSA) is 88.5 Å². The standard InChI is InChI=1S/C15H20N2O4S/c18-13(17-10-5-3-9(4-6-10)15(19)20)12-8-16-14(22-12)11-2-1-7-21-11/h8-11H,1-7H2,(H,17,18)(H,19,20). The smallest absolute Gasteiger partial charge is 0.306 e. The van der Waals surface area contributed by atoms with Crippen molar-refractivity contribution in [1.82, 2.24) is 10.3 Å². The van der Waals surface area contributed by atoms with Gasteiger partial charge in [0.05, 0.1) is 12.1 Å². The lowest BCUT2D eigenvalue weighted by molar-refractivity contribution is -0.142. The van der Waals surface area contributed by atoms with E-state index in [1.54, 1.807) is 6.20 Å². The summed E-state index contributed by atoms with van der Waals surface area (Å²) in [5.74, 6) is -1.10. The van der Waals surface area contributed by atoms with Crippen LogP contribution in [0.1, 0.15) is 59.3 Å². The molecule has 2 fully saturated rings. The average molecular weight is 324 g/mol. The maximum atomic E-state index is 12.3. The Bertz CT molecular complexity index is 545. The van der Waals surface area contributed by atoms with E-state index in [-0.39, 0.29) is 24.0 Å². The number of amides is 1. The highest BCUT2D eigenvalue weighted by Gasteiger charge is 2.28. The van der Waals surface area contributed by atoms with Crippen LogP contribution in [0.5, 0.6) is 0 Å². The van der Waals surface area contributed by atoms with E-state index < -0.39 is 5.97 Å². The lowest BCUT2D eigenvalue weighted by atomic mass is 9.86. The van der Waals surface area contributed by atoms with Crippen molar-refractivity contribution in [3.63, 3.8) is 0 Å². The van der Waals surface area contributed by atoms with E-state index >= 15 is 0 Å². The molecule has 1 unspecified atom stereocenters. The van der Waals surface area contributed by atoms with E-state index in [4.69, 9.17) is 9.84 Å². The van der Waals surface area contributed by atoms with E-state index in [0.717, 1.165) is 37.3 Å². The van der Waals surface area contributed by atoms with Crippen LogP contribution in [0.4, 0.5) is 0 Å². The van der Waals surface area contributed by atoms with E-state index in [0.29, 0.717) is 17.7 Å². The van der Waals surface area contributed by atoms with Gasteiger partial charge in [0, 0.05) is 12.6 Å². The third kappa shape index (κ3) is 3.47. The summed E-state index contributed by atoms with van der Waals surface area (Å²) in [4.78, 5) is 28.1. The minimum absolute atomic E-state index is 0.0394. The van der Waals surface area contributed by atoms with Crippen LogP contribution in [0.2, 0.25) is 0 Å². The van der Waals surface area contributed by atoms with Gasteiger partial charge in [0.15, 0.2) is 0 Å². The number of carboxylic acids is 1. The molecule has 2 N–H and O–H groups in total. The third-order valence-corrected chi connectivity index (χ3v) is 5.45. The molecule has 7 heteroatoms.